The molecule has 4 nitrogen and oxygen atoms in total. The molecule has 0 aliphatic carbocycles. The molecule has 1 unspecified atom stereocenters. The Labute approximate surface area is 101 Å². The fraction of sp³-hybridized carbons (Fsp3) is 0.385. The molecule has 17 heavy (non-hydrogen) atoms. The number of rotatable bonds is 3. The lowest BCUT2D eigenvalue weighted by atomic mass is 10.1. The molecule has 1 rings (SSSR count). The van der Waals surface area contributed by atoms with Gasteiger partial charge in [0.1, 0.15) is 6.10 Å². The smallest absolute Gasteiger partial charge is 0.431 e. The summed E-state index contributed by atoms with van der Waals surface area (Å²) in [5, 5.41) is 0. The normalized spacial score (nSPS) is 11.7. The van der Waals surface area contributed by atoms with Gasteiger partial charge in [0.15, 0.2) is 0 Å². The van der Waals surface area contributed by atoms with Crippen LogP contribution in [0.15, 0.2) is 24.3 Å². The Hall–Kier alpha value is -1.84. The van der Waals surface area contributed by atoms with Gasteiger partial charge >= 0.3 is 12.1 Å². The monoisotopic (exact) mass is 236 g/mol. The van der Waals surface area contributed by atoms with Gasteiger partial charge in [-0.3, -0.25) is 0 Å². The second-order valence-corrected chi connectivity index (χ2v) is 3.79. The standard InChI is InChI=1S/C13H16O4/c1-4-10(3)16-13(15)17-12(14)11-8-6-5-7-9(11)2/h5-8,10H,4H2,1-3H3. The van der Waals surface area contributed by atoms with E-state index in [4.69, 9.17) is 4.74 Å². The van der Waals surface area contributed by atoms with E-state index in [1.165, 1.54) is 0 Å². The Balaban J connectivity index is 2.61. The number of carbonyl (C=O) groups excluding carboxylic acids is 2. The zero-order chi connectivity index (χ0) is 12.8. The molecular weight excluding hydrogens is 220 g/mol. The van der Waals surface area contributed by atoms with Gasteiger partial charge in [-0.1, -0.05) is 25.1 Å². The van der Waals surface area contributed by atoms with Crippen LogP contribution in [0.1, 0.15) is 36.2 Å². The molecule has 0 amide bonds. The van der Waals surface area contributed by atoms with E-state index in [9.17, 15) is 9.59 Å². The lowest BCUT2D eigenvalue weighted by Crippen LogP contribution is -2.19. The SMILES string of the molecule is CCC(C)OC(=O)OC(=O)c1ccccc1C. The van der Waals surface area contributed by atoms with Gasteiger partial charge in [0.25, 0.3) is 0 Å². The maximum absolute atomic E-state index is 11.6. The number of benzene rings is 1. The molecule has 0 heterocycles. The maximum atomic E-state index is 11.6. The van der Waals surface area contributed by atoms with Crippen LogP contribution in [0.3, 0.4) is 0 Å². The Morgan fingerprint density at radius 3 is 2.53 bits per heavy atom. The highest BCUT2D eigenvalue weighted by molar-refractivity contribution is 5.96. The summed E-state index contributed by atoms with van der Waals surface area (Å²) in [6.07, 6.45) is -0.534. The Morgan fingerprint density at radius 2 is 1.94 bits per heavy atom. The van der Waals surface area contributed by atoms with Gasteiger partial charge in [0.05, 0.1) is 5.56 Å². The highest BCUT2D eigenvalue weighted by Gasteiger charge is 2.17. The molecule has 1 atom stereocenters. The quantitative estimate of drug-likeness (QED) is 0.597. The molecule has 0 bridgehead atoms. The first-order valence-electron chi connectivity index (χ1n) is 5.53. The van der Waals surface area contributed by atoms with Gasteiger partial charge in [-0.05, 0) is 31.9 Å². The van der Waals surface area contributed by atoms with Crippen LogP contribution < -0.4 is 0 Å². The van der Waals surface area contributed by atoms with Crippen molar-refractivity contribution in [3.8, 4) is 0 Å². The summed E-state index contributed by atoms with van der Waals surface area (Å²) in [6, 6.07) is 6.90. The van der Waals surface area contributed by atoms with E-state index >= 15 is 0 Å². The summed E-state index contributed by atoms with van der Waals surface area (Å²) in [5.41, 5.74) is 1.13. The molecule has 0 spiro atoms. The third kappa shape index (κ3) is 3.90. The second-order valence-electron chi connectivity index (χ2n) is 3.79. The first-order valence-corrected chi connectivity index (χ1v) is 5.53. The molecule has 0 aliphatic rings. The predicted molar refractivity (Wildman–Crippen MR) is 62.8 cm³/mol. The number of ether oxygens (including phenoxy) is 2. The summed E-state index contributed by atoms with van der Waals surface area (Å²) < 4.78 is 9.44. The zero-order valence-corrected chi connectivity index (χ0v) is 10.2. The first kappa shape index (κ1) is 13.2. The van der Waals surface area contributed by atoms with Crippen molar-refractivity contribution in [1.82, 2.24) is 0 Å². The zero-order valence-electron chi connectivity index (χ0n) is 10.2. The number of hydrogen-bond donors (Lipinski definition) is 0. The second kappa shape index (κ2) is 6.03. The van der Waals surface area contributed by atoms with E-state index in [1.54, 1.807) is 32.0 Å². The molecule has 1 aromatic rings. The molecule has 0 aliphatic heterocycles. The van der Waals surface area contributed by atoms with Gasteiger partial charge in [-0.25, -0.2) is 9.59 Å². The number of carbonyl (C=O) groups is 2. The predicted octanol–water partition coefficient (Wildman–Crippen LogP) is 3.09. The number of hydrogen-bond acceptors (Lipinski definition) is 4. The van der Waals surface area contributed by atoms with Crippen LogP contribution in [0.5, 0.6) is 0 Å². The summed E-state index contributed by atoms with van der Waals surface area (Å²) in [4.78, 5) is 22.9. The first-order chi connectivity index (χ1) is 8.04. The lowest BCUT2D eigenvalue weighted by Gasteiger charge is -2.10. The van der Waals surface area contributed by atoms with E-state index in [0.717, 1.165) is 5.56 Å². The van der Waals surface area contributed by atoms with Crippen LogP contribution >= 0.6 is 0 Å². The van der Waals surface area contributed by atoms with E-state index in [2.05, 4.69) is 4.74 Å². The van der Waals surface area contributed by atoms with Gasteiger partial charge in [0.2, 0.25) is 0 Å². The minimum atomic E-state index is -0.951. The molecule has 0 saturated heterocycles. The maximum Gasteiger partial charge on any atom is 0.516 e. The third-order valence-electron chi connectivity index (χ3n) is 2.41. The minimum Gasteiger partial charge on any atom is -0.431 e. The van der Waals surface area contributed by atoms with E-state index < -0.39 is 12.1 Å². The van der Waals surface area contributed by atoms with Gasteiger partial charge in [-0.15, -0.1) is 0 Å². The van der Waals surface area contributed by atoms with Gasteiger partial charge in [-0.2, -0.15) is 0 Å². The topological polar surface area (TPSA) is 52.6 Å². The van der Waals surface area contributed by atoms with Crippen molar-refractivity contribution in [2.24, 2.45) is 0 Å². The fourth-order valence-electron chi connectivity index (χ4n) is 1.20. The average Bonchev–Trinajstić information content (AvgIpc) is 2.29. The lowest BCUT2D eigenvalue weighted by molar-refractivity contribution is 0.0244. The number of esters is 1. The molecule has 0 aromatic heterocycles. The molecule has 0 radical (unpaired) electrons. The Bertz CT molecular complexity index is 412. The van der Waals surface area contributed by atoms with Crippen LogP contribution in [-0.2, 0) is 9.47 Å². The fourth-order valence-corrected chi connectivity index (χ4v) is 1.20. The van der Waals surface area contributed by atoms with Crippen molar-refractivity contribution >= 4 is 12.1 Å². The molecule has 0 saturated carbocycles. The van der Waals surface area contributed by atoms with Crippen LogP contribution in [-0.4, -0.2) is 18.2 Å². The van der Waals surface area contributed by atoms with Crippen molar-refractivity contribution in [2.45, 2.75) is 33.3 Å². The van der Waals surface area contributed by atoms with Crippen molar-refractivity contribution in [3.63, 3.8) is 0 Å². The largest absolute Gasteiger partial charge is 0.516 e. The van der Waals surface area contributed by atoms with Crippen LogP contribution in [0.4, 0.5) is 4.79 Å². The van der Waals surface area contributed by atoms with Crippen molar-refractivity contribution in [3.05, 3.63) is 35.4 Å². The van der Waals surface area contributed by atoms with Crippen molar-refractivity contribution < 1.29 is 19.1 Å². The van der Waals surface area contributed by atoms with Crippen molar-refractivity contribution in [1.29, 1.82) is 0 Å². The van der Waals surface area contributed by atoms with E-state index in [0.29, 0.717) is 12.0 Å². The molecule has 0 N–H and O–H groups in total. The van der Waals surface area contributed by atoms with E-state index in [1.807, 2.05) is 13.0 Å². The molecule has 4 heteroatoms. The van der Waals surface area contributed by atoms with Crippen molar-refractivity contribution in [2.75, 3.05) is 0 Å². The Kier molecular flexibility index (Phi) is 4.69. The number of aryl methyl sites for hydroxylation is 1. The summed E-state index contributed by atoms with van der Waals surface area (Å²) >= 11 is 0. The molecule has 1 aromatic carbocycles. The summed E-state index contributed by atoms with van der Waals surface area (Å²) in [7, 11) is 0. The molecule has 0 fully saturated rings. The molecule has 92 valence electrons. The summed E-state index contributed by atoms with van der Waals surface area (Å²) in [6.45, 7) is 5.39. The summed E-state index contributed by atoms with van der Waals surface area (Å²) in [5.74, 6) is -0.684. The minimum absolute atomic E-state index is 0.257. The van der Waals surface area contributed by atoms with Crippen LogP contribution in [0, 0.1) is 6.92 Å². The van der Waals surface area contributed by atoms with Crippen LogP contribution in [0.25, 0.3) is 0 Å². The van der Waals surface area contributed by atoms with E-state index in [-0.39, 0.29) is 6.10 Å². The molecular formula is C13H16O4. The third-order valence-corrected chi connectivity index (χ3v) is 2.41. The van der Waals surface area contributed by atoms with Gasteiger partial charge < -0.3 is 9.47 Å². The Morgan fingerprint density at radius 1 is 1.29 bits per heavy atom. The highest BCUT2D eigenvalue weighted by atomic mass is 16.7. The van der Waals surface area contributed by atoms with Crippen LogP contribution in [0.2, 0.25) is 0 Å². The van der Waals surface area contributed by atoms with Gasteiger partial charge in [0, 0.05) is 0 Å². The highest BCUT2D eigenvalue weighted by Crippen LogP contribution is 2.09. The average molecular weight is 236 g/mol.